The lowest BCUT2D eigenvalue weighted by atomic mass is 10.00. The highest BCUT2D eigenvalue weighted by molar-refractivity contribution is 6.33. The van der Waals surface area contributed by atoms with Crippen molar-refractivity contribution < 1.29 is 10.2 Å². The summed E-state index contributed by atoms with van der Waals surface area (Å²) in [6.07, 6.45) is 1.74. The summed E-state index contributed by atoms with van der Waals surface area (Å²) < 4.78 is 0. The standard InChI is InChI=1S/C15H23ClN2O2/c1-11-3-2-6-18(9-11)15-5-4-12(7-14(15)16)17-8-13(20)10-19/h4-5,7,11,13,17,19-20H,2-3,6,8-10H2,1H3. The fourth-order valence-corrected chi connectivity index (χ4v) is 2.88. The first kappa shape index (κ1) is 15.4. The third-order valence-electron chi connectivity index (χ3n) is 3.70. The molecule has 0 saturated carbocycles. The third kappa shape index (κ3) is 4.01. The lowest BCUT2D eigenvalue weighted by Gasteiger charge is -2.33. The Bertz CT molecular complexity index is 442. The molecule has 4 nitrogen and oxygen atoms in total. The van der Waals surface area contributed by atoms with Gasteiger partial charge < -0.3 is 20.4 Å². The van der Waals surface area contributed by atoms with Crippen molar-refractivity contribution in [3.8, 4) is 0 Å². The SMILES string of the molecule is CC1CCCN(c2ccc(NCC(O)CO)cc2Cl)C1. The Morgan fingerprint density at radius 1 is 1.50 bits per heavy atom. The van der Waals surface area contributed by atoms with Crippen LogP contribution in [0.5, 0.6) is 0 Å². The lowest BCUT2D eigenvalue weighted by molar-refractivity contribution is 0.105. The number of aliphatic hydroxyl groups is 2. The molecule has 1 heterocycles. The van der Waals surface area contributed by atoms with E-state index in [1.54, 1.807) is 0 Å². The zero-order valence-electron chi connectivity index (χ0n) is 11.8. The van der Waals surface area contributed by atoms with E-state index in [2.05, 4.69) is 17.1 Å². The van der Waals surface area contributed by atoms with E-state index >= 15 is 0 Å². The van der Waals surface area contributed by atoms with Gasteiger partial charge in [0.25, 0.3) is 0 Å². The van der Waals surface area contributed by atoms with Gasteiger partial charge >= 0.3 is 0 Å². The molecule has 3 N–H and O–H groups in total. The number of rotatable bonds is 5. The molecule has 0 aliphatic carbocycles. The molecule has 0 bridgehead atoms. The van der Waals surface area contributed by atoms with Crippen LogP contribution in [-0.4, -0.2) is 42.6 Å². The first-order valence-corrected chi connectivity index (χ1v) is 7.55. The minimum Gasteiger partial charge on any atom is -0.394 e. The zero-order chi connectivity index (χ0) is 14.5. The van der Waals surface area contributed by atoms with E-state index in [4.69, 9.17) is 16.7 Å². The number of aliphatic hydroxyl groups excluding tert-OH is 2. The van der Waals surface area contributed by atoms with Crippen molar-refractivity contribution in [2.45, 2.75) is 25.9 Å². The van der Waals surface area contributed by atoms with Crippen molar-refractivity contribution in [2.24, 2.45) is 5.92 Å². The van der Waals surface area contributed by atoms with Gasteiger partial charge in [-0.05, 0) is 37.0 Å². The van der Waals surface area contributed by atoms with Crippen LogP contribution in [0, 0.1) is 5.92 Å². The van der Waals surface area contributed by atoms with Gasteiger partial charge in [0.15, 0.2) is 0 Å². The summed E-state index contributed by atoms with van der Waals surface area (Å²) in [5.74, 6) is 0.706. The van der Waals surface area contributed by atoms with E-state index < -0.39 is 6.10 Å². The molecule has 0 aromatic heterocycles. The van der Waals surface area contributed by atoms with Crippen LogP contribution in [0.4, 0.5) is 11.4 Å². The van der Waals surface area contributed by atoms with Crippen LogP contribution in [0.2, 0.25) is 5.02 Å². The van der Waals surface area contributed by atoms with E-state index in [1.807, 2.05) is 18.2 Å². The van der Waals surface area contributed by atoms with Gasteiger partial charge in [0, 0.05) is 25.3 Å². The van der Waals surface area contributed by atoms with Crippen LogP contribution >= 0.6 is 11.6 Å². The Hall–Kier alpha value is -0.970. The summed E-state index contributed by atoms with van der Waals surface area (Å²) >= 11 is 6.37. The molecule has 112 valence electrons. The summed E-state index contributed by atoms with van der Waals surface area (Å²) in [6, 6.07) is 5.86. The number of nitrogens with zero attached hydrogens (tertiary/aromatic N) is 1. The fraction of sp³-hybridized carbons (Fsp3) is 0.600. The second-order valence-electron chi connectivity index (χ2n) is 5.58. The molecule has 5 heteroatoms. The van der Waals surface area contributed by atoms with Gasteiger partial charge in [0.2, 0.25) is 0 Å². The van der Waals surface area contributed by atoms with Gasteiger partial charge in [-0.1, -0.05) is 18.5 Å². The maximum absolute atomic E-state index is 9.32. The molecule has 2 atom stereocenters. The van der Waals surface area contributed by atoms with Crippen molar-refractivity contribution in [1.82, 2.24) is 0 Å². The molecule has 2 rings (SSSR count). The molecule has 1 fully saturated rings. The number of nitrogens with one attached hydrogen (secondary N) is 1. The molecule has 1 saturated heterocycles. The van der Waals surface area contributed by atoms with Gasteiger partial charge in [-0.25, -0.2) is 0 Å². The highest BCUT2D eigenvalue weighted by atomic mass is 35.5. The number of hydrogen-bond acceptors (Lipinski definition) is 4. The number of piperidine rings is 1. The van der Waals surface area contributed by atoms with Crippen LogP contribution in [-0.2, 0) is 0 Å². The molecular weight excluding hydrogens is 276 g/mol. The van der Waals surface area contributed by atoms with Gasteiger partial charge in [-0.15, -0.1) is 0 Å². The monoisotopic (exact) mass is 298 g/mol. The summed E-state index contributed by atoms with van der Waals surface area (Å²) in [5.41, 5.74) is 1.93. The van der Waals surface area contributed by atoms with E-state index in [0.29, 0.717) is 12.5 Å². The van der Waals surface area contributed by atoms with Crippen molar-refractivity contribution in [1.29, 1.82) is 0 Å². The van der Waals surface area contributed by atoms with E-state index in [-0.39, 0.29) is 6.61 Å². The largest absolute Gasteiger partial charge is 0.394 e. The van der Waals surface area contributed by atoms with Crippen LogP contribution in [0.1, 0.15) is 19.8 Å². The normalized spacial score (nSPS) is 20.8. The second kappa shape index (κ2) is 7.16. The number of benzene rings is 1. The molecule has 0 radical (unpaired) electrons. The fourth-order valence-electron chi connectivity index (χ4n) is 2.58. The van der Waals surface area contributed by atoms with Crippen molar-refractivity contribution in [2.75, 3.05) is 36.5 Å². The predicted octanol–water partition coefficient (Wildman–Crippen LogP) is 2.34. The van der Waals surface area contributed by atoms with Crippen molar-refractivity contribution in [3.63, 3.8) is 0 Å². The maximum atomic E-state index is 9.32. The minimum absolute atomic E-state index is 0.246. The van der Waals surface area contributed by atoms with Gasteiger partial charge in [-0.3, -0.25) is 0 Å². The molecule has 1 aliphatic heterocycles. The molecule has 2 unspecified atom stereocenters. The van der Waals surface area contributed by atoms with E-state index in [1.165, 1.54) is 12.8 Å². The van der Waals surface area contributed by atoms with Crippen molar-refractivity contribution >= 4 is 23.0 Å². The smallest absolute Gasteiger partial charge is 0.0942 e. The Morgan fingerprint density at radius 2 is 2.30 bits per heavy atom. The van der Waals surface area contributed by atoms with E-state index in [0.717, 1.165) is 29.5 Å². The first-order valence-electron chi connectivity index (χ1n) is 7.17. The minimum atomic E-state index is -0.753. The quantitative estimate of drug-likeness (QED) is 0.781. The van der Waals surface area contributed by atoms with Crippen LogP contribution in [0.25, 0.3) is 0 Å². The Morgan fingerprint density at radius 3 is 2.95 bits per heavy atom. The highest BCUT2D eigenvalue weighted by Crippen LogP contribution is 2.31. The predicted molar refractivity (Wildman–Crippen MR) is 83.6 cm³/mol. The molecule has 0 spiro atoms. The summed E-state index contributed by atoms with van der Waals surface area (Å²) in [4.78, 5) is 2.34. The highest BCUT2D eigenvalue weighted by Gasteiger charge is 2.18. The molecule has 1 aromatic carbocycles. The lowest BCUT2D eigenvalue weighted by Crippen LogP contribution is -2.34. The van der Waals surface area contributed by atoms with Gasteiger partial charge in [-0.2, -0.15) is 0 Å². The average molecular weight is 299 g/mol. The molecule has 0 amide bonds. The Labute approximate surface area is 125 Å². The van der Waals surface area contributed by atoms with Crippen LogP contribution in [0.3, 0.4) is 0 Å². The molecule has 1 aliphatic rings. The Kier molecular flexibility index (Phi) is 5.52. The van der Waals surface area contributed by atoms with E-state index in [9.17, 15) is 5.11 Å². The summed E-state index contributed by atoms with van der Waals surface area (Å²) in [6.45, 7) is 4.44. The molecule has 1 aromatic rings. The van der Waals surface area contributed by atoms with Crippen molar-refractivity contribution in [3.05, 3.63) is 23.2 Å². The van der Waals surface area contributed by atoms with Crippen LogP contribution < -0.4 is 10.2 Å². The average Bonchev–Trinajstić information content (AvgIpc) is 2.44. The topological polar surface area (TPSA) is 55.7 Å². The maximum Gasteiger partial charge on any atom is 0.0942 e. The Balaban J connectivity index is 2.01. The number of hydrogen-bond donors (Lipinski definition) is 3. The third-order valence-corrected chi connectivity index (χ3v) is 4.00. The second-order valence-corrected chi connectivity index (χ2v) is 5.98. The van der Waals surface area contributed by atoms with Crippen LogP contribution in [0.15, 0.2) is 18.2 Å². The zero-order valence-corrected chi connectivity index (χ0v) is 12.6. The van der Waals surface area contributed by atoms with Gasteiger partial charge in [0.05, 0.1) is 23.4 Å². The summed E-state index contributed by atoms with van der Waals surface area (Å²) in [5, 5.41) is 21.9. The molecule has 20 heavy (non-hydrogen) atoms. The summed E-state index contributed by atoms with van der Waals surface area (Å²) in [7, 11) is 0. The molecular formula is C15H23ClN2O2. The first-order chi connectivity index (χ1) is 9.60. The number of halogens is 1. The number of anilines is 2. The van der Waals surface area contributed by atoms with Gasteiger partial charge in [0.1, 0.15) is 0 Å².